The van der Waals surface area contributed by atoms with E-state index in [1.54, 1.807) is 16.7 Å². The lowest BCUT2D eigenvalue weighted by atomic mass is 10.3. The van der Waals surface area contributed by atoms with E-state index in [2.05, 4.69) is 5.32 Å². The molecule has 1 heterocycles. The number of thioether (sulfide) groups is 1. The largest absolute Gasteiger partial charge is 0.480 e. The van der Waals surface area contributed by atoms with Gasteiger partial charge in [-0.3, -0.25) is 0 Å². The van der Waals surface area contributed by atoms with Gasteiger partial charge in [-0.25, -0.2) is 9.59 Å². The van der Waals surface area contributed by atoms with Crippen LogP contribution in [0.2, 0.25) is 0 Å². The van der Waals surface area contributed by atoms with Crippen molar-refractivity contribution in [3.63, 3.8) is 0 Å². The molecule has 1 atom stereocenters. The summed E-state index contributed by atoms with van der Waals surface area (Å²) in [5.41, 5.74) is 0. The van der Waals surface area contributed by atoms with Gasteiger partial charge in [0.1, 0.15) is 0 Å². The van der Waals surface area contributed by atoms with E-state index < -0.39 is 24.6 Å². The van der Waals surface area contributed by atoms with Crippen molar-refractivity contribution in [3.8, 4) is 0 Å². The molecule has 86 valence electrons. The van der Waals surface area contributed by atoms with Crippen molar-refractivity contribution in [1.82, 2.24) is 10.2 Å². The summed E-state index contributed by atoms with van der Waals surface area (Å²) < 4.78 is 0. The summed E-state index contributed by atoms with van der Waals surface area (Å²) in [5.74, 6) is 0.506. The Morgan fingerprint density at radius 1 is 1.40 bits per heavy atom. The molecule has 0 spiro atoms. The number of carboxylic acid groups (broad SMARTS) is 1. The minimum Gasteiger partial charge on any atom is -0.480 e. The fourth-order valence-electron chi connectivity index (χ4n) is 1.19. The van der Waals surface area contributed by atoms with Gasteiger partial charge in [0.2, 0.25) is 0 Å². The molecule has 1 fully saturated rings. The third-order valence-electron chi connectivity index (χ3n) is 2.08. The van der Waals surface area contributed by atoms with E-state index >= 15 is 0 Å². The summed E-state index contributed by atoms with van der Waals surface area (Å²) in [6.45, 7) is 0.645. The molecule has 1 saturated heterocycles. The van der Waals surface area contributed by atoms with Crippen LogP contribution in [0.3, 0.4) is 0 Å². The zero-order valence-corrected chi connectivity index (χ0v) is 9.00. The standard InChI is InChI=1S/C8H14N2O4S/c11-5-6(7(12)13)9-8(14)10-1-3-15-4-2-10/h6,11H,1-5H2,(H,9,14)(H,12,13)/t6-/m1/s1. The molecular formula is C8H14N2O4S. The maximum absolute atomic E-state index is 11.5. The topological polar surface area (TPSA) is 89.9 Å². The normalized spacial score (nSPS) is 18.3. The molecule has 0 aromatic carbocycles. The first-order chi connectivity index (χ1) is 7.15. The summed E-state index contributed by atoms with van der Waals surface area (Å²) in [4.78, 5) is 23.6. The molecule has 1 aliphatic rings. The van der Waals surface area contributed by atoms with Crippen LogP contribution in [0, 0.1) is 0 Å². The van der Waals surface area contributed by atoms with Gasteiger partial charge in [0.15, 0.2) is 6.04 Å². The molecule has 0 unspecified atom stereocenters. The fraction of sp³-hybridized carbons (Fsp3) is 0.750. The summed E-state index contributed by atoms with van der Waals surface area (Å²) in [5, 5.41) is 19.6. The number of carbonyl (C=O) groups excluding carboxylic acids is 1. The predicted molar refractivity (Wildman–Crippen MR) is 55.9 cm³/mol. The van der Waals surface area contributed by atoms with Gasteiger partial charge in [0.25, 0.3) is 0 Å². The van der Waals surface area contributed by atoms with Crippen molar-refractivity contribution in [3.05, 3.63) is 0 Å². The van der Waals surface area contributed by atoms with Crippen LogP contribution in [0.1, 0.15) is 0 Å². The predicted octanol–water partition coefficient (Wildman–Crippen LogP) is -0.810. The molecule has 0 saturated carbocycles. The van der Waals surface area contributed by atoms with Crippen LogP contribution < -0.4 is 5.32 Å². The number of amides is 2. The second kappa shape index (κ2) is 5.82. The van der Waals surface area contributed by atoms with Crippen molar-refractivity contribution in [1.29, 1.82) is 0 Å². The molecule has 6 nitrogen and oxygen atoms in total. The zero-order chi connectivity index (χ0) is 11.3. The van der Waals surface area contributed by atoms with Crippen molar-refractivity contribution in [2.75, 3.05) is 31.2 Å². The molecule has 15 heavy (non-hydrogen) atoms. The van der Waals surface area contributed by atoms with E-state index in [1.807, 2.05) is 0 Å². The first-order valence-corrected chi connectivity index (χ1v) is 5.77. The van der Waals surface area contributed by atoms with Crippen molar-refractivity contribution >= 4 is 23.8 Å². The number of carbonyl (C=O) groups is 2. The molecule has 0 bridgehead atoms. The third kappa shape index (κ3) is 3.60. The molecule has 7 heteroatoms. The van der Waals surface area contributed by atoms with E-state index in [1.165, 1.54) is 0 Å². The van der Waals surface area contributed by atoms with Crippen LogP contribution in [0.5, 0.6) is 0 Å². The first-order valence-electron chi connectivity index (χ1n) is 4.62. The second-order valence-electron chi connectivity index (χ2n) is 3.12. The third-order valence-corrected chi connectivity index (χ3v) is 3.02. The molecule has 1 aliphatic heterocycles. The minimum absolute atomic E-state index is 0.420. The number of hydrogen-bond acceptors (Lipinski definition) is 4. The smallest absolute Gasteiger partial charge is 0.328 e. The molecular weight excluding hydrogens is 220 g/mol. The van der Waals surface area contributed by atoms with Crippen molar-refractivity contribution < 1.29 is 19.8 Å². The van der Waals surface area contributed by atoms with Crippen molar-refractivity contribution in [2.24, 2.45) is 0 Å². The van der Waals surface area contributed by atoms with Crippen LogP contribution in [0.4, 0.5) is 4.79 Å². The van der Waals surface area contributed by atoms with Crippen LogP contribution in [-0.2, 0) is 4.79 Å². The van der Waals surface area contributed by atoms with E-state index in [0.717, 1.165) is 11.5 Å². The molecule has 0 aromatic rings. The van der Waals surface area contributed by atoms with Crippen LogP contribution in [0.25, 0.3) is 0 Å². The van der Waals surface area contributed by atoms with Gasteiger partial charge in [-0.15, -0.1) is 0 Å². The highest BCUT2D eigenvalue weighted by molar-refractivity contribution is 7.99. The van der Waals surface area contributed by atoms with Gasteiger partial charge in [0.05, 0.1) is 6.61 Å². The van der Waals surface area contributed by atoms with Crippen LogP contribution >= 0.6 is 11.8 Å². The second-order valence-corrected chi connectivity index (χ2v) is 4.35. The number of carboxylic acids is 1. The van der Waals surface area contributed by atoms with E-state index in [9.17, 15) is 9.59 Å². The van der Waals surface area contributed by atoms with Crippen LogP contribution in [0.15, 0.2) is 0 Å². The fourth-order valence-corrected chi connectivity index (χ4v) is 2.10. The Labute approximate surface area is 91.6 Å². The molecule has 0 aliphatic carbocycles. The lowest BCUT2D eigenvalue weighted by Crippen LogP contribution is -2.51. The number of aliphatic hydroxyl groups excluding tert-OH is 1. The molecule has 2 amide bonds. The highest BCUT2D eigenvalue weighted by Gasteiger charge is 2.23. The molecule has 0 aromatic heterocycles. The number of nitrogens with one attached hydrogen (secondary N) is 1. The van der Waals surface area contributed by atoms with E-state index in [4.69, 9.17) is 10.2 Å². The van der Waals surface area contributed by atoms with E-state index in [-0.39, 0.29) is 0 Å². The lowest BCUT2D eigenvalue weighted by Gasteiger charge is -2.27. The average Bonchev–Trinajstić information content (AvgIpc) is 2.26. The number of urea groups is 1. The Bertz CT molecular complexity index is 243. The highest BCUT2D eigenvalue weighted by atomic mass is 32.2. The Hall–Kier alpha value is -0.950. The van der Waals surface area contributed by atoms with Crippen molar-refractivity contribution in [2.45, 2.75) is 6.04 Å². The zero-order valence-electron chi connectivity index (χ0n) is 8.18. The number of aliphatic carboxylic acids is 1. The quantitative estimate of drug-likeness (QED) is 0.594. The minimum atomic E-state index is -1.22. The Balaban J connectivity index is 2.42. The first kappa shape index (κ1) is 12.1. The maximum Gasteiger partial charge on any atom is 0.328 e. The SMILES string of the molecule is O=C(O)[C@@H](CO)NC(=O)N1CCSCC1. The van der Waals surface area contributed by atoms with Gasteiger partial charge in [-0.1, -0.05) is 0 Å². The number of hydrogen-bond donors (Lipinski definition) is 3. The monoisotopic (exact) mass is 234 g/mol. The molecule has 3 N–H and O–H groups in total. The van der Waals surface area contributed by atoms with E-state index in [0.29, 0.717) is 13.1 Å². The maximum atomic E-state index is 11.5. The molecule has 1 rings (SSSR count). The Kier molecular flexibility index (Phi) is 4.70. The summed E-state index contributed by atoms with van der Waals surface area (Å²) in [6, 6.07) is -1.64. The highest BCUT2D eigenvalue weighted by Crippen LogP contribution is 2.08. The molecule has 0 radical (unpaired) electrons. The Morgan fingerprint density at radius 2 is 2.00 bits per heavy atom. The van der Waals surface area contributed by atoms with Crippen LogP contribution in [-0.4, -0.2) is 64.4 Å². The van der Waals surface area contributed by atoms with Gasteiger partial charge in [-0.2, -0.15) is 11.8 Å². The summed E-state index contributed by atoms with van der Waals surface area (Å²) in [7, 11) is 0. The number of aliphatic hydroxyl groups is 1. The summed E-state index contributed by atoms with van der Waals surface area (Å²) >= 11 is 1.76. The van der Waals surface area contributed by atoms with Gasteiger partial charge in [-0.05, 0) is 0 Å². The van der Waals surface area contributed by atoms with Gasteiger partial charge in [0, 0.05) is 24.6 Å². The average molecular weight is 234 g/mol. The van der Waals surface area contributed by atoms with Gasteiger partial charge < -0.3 is 20.4 Å². The number of rotatable bonds is 3. The Morgan fingerprint density at radius 3 is 2.47 bits per heavy atom. The number of nitrogens with zero attached hydrogens (tertiary/aromatic N) is 1. The van der Waals surface area contributed by atoms with Gasteiger partial charge >= 0.3 is 12.0 Å². The lowest BCUT2D eigenvalue weighted by molar-refractivity contribution is -0.140. The summed E-state index contributed by atoms with van der Waals surface area (Å²) in [6.07, 6.45) is 0.